The predicted molar refractivity (Wildman–Crippen MR) is 101 cm³/mol. The number of amides is 1. The molecule has 0 radical (unpaired) electrons. The van der Waals surface area contributed by atoms with Crippen molar-refractivity contribution in [3.63, 3.8) is 0 Å². The van der Waals surface area contributed by atoms with Crippen LogP contribution >= 0.6 is 0 Å². The van der Waals surface area contributed by atoms with Crippen LogP contribution in [0.25, 0.3) is 0 Å². The molecule has 1 atom stereocenters. The fraction of sp³-hybridized carbons (Fsp3) is 0.619. The van der Waals surface area contributed by atoms with E-state index in [0.717, 1.165) is 31.2 Å². The minimum atomic E-state index is -0.496. The molecule has 26 heavy (non-hydrogen) atoms. The molecule has 1 aliphatic rings. The van der Waals surface area contributed by atoms with Gasteiger partial charge in [-0.05, 0) is 64.9 Å². The molecule has 0 bridgehead atoms. The van der Waals surface area contributed by atoms with Crippen LogP contribution in [0.2, 0.25) is 0 Å². The predicted octanol–water partition coefficient (Wildman–Crippen LogP) is 4.45. The molecule has 1 fully saturated rings. The van der Waals surface area contributed by atoms with E-state index < -0.39 is 5.60 Å². The number of benzene rings is 1. The smallest absolute Gasteiger partial charge is 0.407 e. The van der Waals surface area contributed by atoms with Gasteiger partial charge in [-0.15, -0.1) is 0 Å². The van der Waals surface area contributed by atoms with Crippen molar-refractivity contribution in [1.29, 1.82) is 0 Å². The number of rotatable bonds is 5. The Morgan fingerprint density at radius 3 is 2.31 bits per heavy atom. The molecule has 1 aromatic carbocycles. The zero-order valence-corrected chi connectivity index (χ0v) is 16.3. The summed E-state index contributed by atoms with van der Waals surface area (Å²) in [5, 5.41) is 2.92. The van der Waals surface area contributed by atoms with E-state index in [1.54, 1.807) is 0 Å². The van der Waals surface area contributed by atoms with Gasteiger partial charge in [0.25, 0.3) is 0 Å². The Balaban J connectivity index is 1.72. The number of ether oxygens (including phenoxy) is 2. The second-order valence-corrected chi connectivity index (χ2v) is 8.14. The molecular formula is C21H31NO4. The zero-order valence-electron chi connectivity index (χ0n) is 16.3. The van der Waals surface area contributed by atoms with Crippen molar-refractivity contribution in [2.75, 3.05) is 0 Å². The average molecular weight is 361 g/mol. The second kappa shape index (κ2) is 9.06. The molecule has 1 saturated carbocycles. The van der Waals surface area contributed by atoms with Crippen molar-refractivity contribution >= 4 is 12.1 Å². The molecule has 1 unspecified atom stereocenters. The van der Waals surface area contributed by atoms with Crippen molar-refractivity contribution in [1.82, 2.24) is 5.32 Å². The van der Waals surface area contributed by atoms with Gasteiger partial charge >= 0.3 is 12.1 Å². The average Bonchev–Trinajstić information content (AvgIpc) is 2.59. The summed E-state index contributed by atoms with van der Waals surface area (Å²) in [6.45, 7) is 7.88. The summed E-state index contributed by atoms with van der Waals surface area (Å²) in [5.41, 5.74) is 0.508. The van der Waals surface area contributed by atoms with Crippen LogP contribution in [0, 0.1) is 11.8 Å². The highest BCUT2D eigenvalue weighted by molar-refractivity contribution is 5.72. The van der Waals surface area contributed by atoms with Crippen molar-refractivity contribution < 1.29 is 19.1 Å². The van der Waals surface area contributed by atoms with Gasteiger partial charge < -0.3 is 14.8 Å². The van der Waals surface area contributed by atoms with Crippen molar-refractivity contribution in [3.05, 3.63) is 35.9 Å². The van der Waals surface area contributed by atoms with Crippen LogP contribution in [0.3, 0.4) is 0 Å². The Bertz CT molecular complexity index is 586. The standard InChI is InChI=1S/C21H31NO4/c1-15(22-20(24)26-21(2,3)4)17-10-12-18(13-11-17)19(23)25-14-16-8-6-5-7-9-16/h5-9,15,17-18H,10-14H2,1-4H3,(H,22,24). The van der Waals surface area contributed by atoms with Crippen LogP contribution in [-0.2, 0) is 20.9 Å². The largest absolute Gasteiger partial charge is 0.461 e. The van der Waals surface area contributed by atoms with E-state index in [2.05, 4.69) is 5.32 Å². The molecule has 1 amide bonds. The zero-order chi connectivity index (χ0) is 19.2. The molecule has 1 aliphatic carbocycles. The lowest BCUT2D eigenvalue weighted by molar-refractivity contribution is -0.151. The third kappa shape index (κ3) is 6.70. The lowest BCUT2D eigenvalue weighted by Crippen LogP contribution is -2.42. The molecule has 5 nitrogen and oxygen atoms in total. The highest BCUT2D eigenvalue weighted by atomic mass is 16.6. The summed E-state index contributed by atoms with van der Waals surface area (Å²) >= 11 is 0. The van der Waals surface area contributed by atoms with Crippen LogP contribution in [0.5, 0.6) is 0 Å². The topological polar surface area (TPSA) is 64.6 Å². The van der Waals surface area contributed by atoms with E-state index in [4.69, 9.17) is 9.47 Å². The van der Waals surface area contributed by atoms with Crippen LogP contribution in [0.15, 0.2) is 30.3 Å². The van der Waals surface area contributed by atoms with E-state index in [1.807, 2.05) is 58.0 Å². The molecular weight excluding hydrogens is 330 g/mol. The third-order valence-electron chi connectivity index (χ3n) is 4.78. The number of alkyl carbamates (subject to hydrolysis) is 1. The van der Waals surface area contributed by atoms with Gasteiger partial charge in [0.2, 0.25) is 0 Å². The number of hydrogen-bond acceptors (Lipinski definition) is 4. The molecule has 2 rings (SSSR count). The van der Waals surface area contributed by atoms with Gasteiger partial charge in [-0.25, -0.2) is 4.79 Å². The highest BCUT2D eigenvalue weighted by Gasteiger charge is 2.31. The monoisotopic (exact) mass is 361 g/mol. The first-order chi connectivity index (χ1) is 12.2. The van der Waals surface area contributed by atoms with Crippen molar-refractivity contribution in [2.45, 2.75) is 71.6 Å². The number of nitrogens with one attached hydrogen (secondary N) is 1. The Morgan fingerprint density at radius 1 is 1.12 bits per heavy atom. The molecule has 0 heterocycles. The van der Waals surface area contributed by atoms with Gasteiger partial charge in [0.15, 0.2) is 0 Å². The first-order valence-electron chi connectivity index (χ1n) is 9.44. The lowest BCUT2D eigenvalue weighted by Gasteiger charge is -2.32. The molecule has 1 aromatic rings. The SMILES string of the molecule is CC(NC(=O)OC(C)(C)C)C1CCC(C(=O)OCc2ccccc2)CC1. The quantitative estimate of drug-likeness (QED) is 0.787. The fourth-order valence-corrected chi connectivity index (χ4v) is 3.31. The number of carbonyl (C=O) groups excluding carboxylic acids is 2. The van der Waals surface area contributed by atoms with Gasteiger partial charge in [-0.3, -0.25) is 4.79 Å². The summed E-state index contributed by atoms with van der Waals surface area (Å²) in [4.78, 5) is 24.2. The lowest BCUT2D eigenvalue weighted by atomic mass is 9.79. The van der Waals surface area contributed by atoms with E-state index in [9.17, 15) is 9.59 Å². The van der Waals surface area contributed by atoms with E-state index in [0.29, 0.717) is 12.5 Å². The second-order valence-electron chi connectivity index (χ2n) is 8.14. The molecule has 1 N–H and O–H groups in total. The van der Waals surface area contributed by atoms with Crippen LogP contribution in [0.1, 0.15) is 58.9 Å². The van der Waals surface area contributed by atoms with Gasteiger partial charge in [-0.1, -0.05) is 30.3 Å². The first kappa shape index (κ1) is 20.3. The number of esters is 1. The molecule has 0 aromatic heterocycles. The van der Waals surface area contributed by atoms with Crippen LogP contribution < -0.4 is 5.32 Å². The number of carbonyl (C=O) groups is 2. The van der Waals surface area contributed by atoms with Crippen LogP contribution in [0.4, 0.5) is 4.79 Å². The molecule has 144 valence electrons. The molecule has 0 aliphatic heterocycles. The number of hydrogen-bond donors (Lipinski definition) is 1. The van der Waals surface area contributed by atoms with E-state index >= 15 is 0 Å². The van der Waals surface area contributed by atoms with Gasteiger partial charge in [-0.2, -0.15) is 0 Å². The maximum absolute atomic E-state index is 12.3. The summed E-state index contributed by atoms with van der Waals surface area (Å²) in [5.74, 6) is 0.212. The minimum absolute atomic E-state index is 0.0335. The summed E-state index contributed by atoms with van der Waals surface area (Å²) in [6, 6.07) is 9.76. The Hall–Kier alpha value is -2.04. The Morgan fingerprint density at radius 2 is 1.73 bits per heavy atom. The minimum Gasteiger partial charge on any atom is -0.461 e. The fourth-order valence-electron chi connectivity index (χ4n) is 3.31. The maximum atomic E-state index is 12.3. The highest BCUT2D eigenvalue weighted by Crippen LogP contribution is 2.32. The van der Waals surface area contributed by atoms with E-state index in [-0.39, 0.29) is 24.0 Å². The summed E-state index contributed by atoms with van der Waals surface area (Å²) in [7, 11) is 0. The first-order valence-corrected chi connectivity index (χ1v) is 9.44. The molecule has 0 spiro atoms. The normalized spacial score (nSPS) is 21.5. The van der Waals surface area contributed by atoms with Crippen molar-refractivity contribution in [2.24, 2.45) is 11.8 Å². The van der Waals surface area contributed by atoms with Gasteiger partial charge in [0.1, 0.15) is 12.2 Å². The maximum Gasteiger partial charge on any atom is 0.407 e. The molecule has 0 saturated heterocycles. The third-order valence-corrected chi connectivity index (χ3v) is 4.78. The van der Waals surface area contributed by atoms with Gasteiger partial charge in [0.05, 0.1) is 5.92 Å². The summed E-state index contributed by atoms with van der Waals surface area (Å²) in [6.07, 6.45) is 3.04. The van der Waals surface area contributed by atoms with E-state index in [1.165, 1.54) is 0 Å². The van der Waals surface area contributed by atoms with Gasteiger partial charge in [0, 0.05) is 6.04 Å². The Labute approximate surface area is 156 Å². The van der Waals surface area contributed by atoms with Crippen LogP contribution in [-0.4, -0.2) is 23.7 Å². The molecule has 5 heteroatoms. The van der Waals surface area contributed by atoms with Crippen molar-refractivity contribution in [3.8, 4) is 0 Å². The summed E-state index contributed by atoms with van der Waals surface area (Å²) < 4.78 is 10.8. The Kier molecular flexibility index (Phi) is 7.06.